The minimum absolute atomic E-state index is 0.264. The third-order valence-corrected chi connectivity index (χ3v) is 5.50. The van der Waals surface area contributed by atoms with Gasteiger partial charge in [-0.3, -0.25) is 9.69 Å². The van der Waals surface area contributed by atoms with Crippen LogP contribution in [0.15, 0.2) is 72.4 Å². The Labute approximate surface area is 171 Å². The van der Waals surface area contributed by atoms with E-state index in [1.54, 1.807) is 6.08 Å². The van der Waals surface area contributed by atoms with E-state index in [2.05, 4.69) is 34.1 Å². The SMILES string of the molecule is Cn1c2ccccc2c2cc(C=C3NC(=S)N(c4ccc(F)cc4)C3=O)ccc21. The molecule has 0 saturated carbocycles. The van der Waals surface area contributed by atoms with Gasteiger partial charge in [0.15, 0.2) is 5.11 Å². The van der Waals surface area contributed by atoms with E-state index in [0.29, 0.717) is 11.4 Å². The summed E-state index contributed by atoms with van der Waals surface area (Å²) in [6, 6.07) is 20.0. The number of rotatable bonds is 2. The van der Waals surface area contributed by atoms with Crippen molar-refractivity contribution in [3.63, 3.8) is 0 Å². The first-order valence-electron chi connectivity index (χ1n) is 9.13. The highest BCUT2D eigenvalue weighted by Crippen LogP contribution is 2.30. The lowest BCUT2D eigenvalue weighted by atomic mass is 10.1. The summed E-state index contributed by atoms with van der Waals surface area (Å²) < 4.78 is 15.4. The topological polar surface area (TPSA) is 37.3 Å². The second-order valence-corrected chi connectivity index (χ2v) is 7.34. The Morgan fingerprint density at radius 2 is 1.69 bits per heavy atom. The molecule has 0 aliphatic carbocycles. The molecule has 1 saturated heterocycles. The maximum atomic E-state index is 13.2. The number of para-hydroxylation sites is 1. The largest absolute Gasteiger partial charge is 0.344 e. The molecule has 1 aliphatic heterocycles. The lowest BCUT2D eigenvalue weighted by molar-refractivity contribution is -0.113. The molecule has 1 aromatic heterocycles. The number of thiocarbonyl (C=S) groups is 1. The molecule has 0 radical (unpaired) electrons. The summed E-state index contributed by atoms with van der Waals surface area (Å²) in [5.74, 6) is -0.627. The van der Waals surface area contributed by atoms with E-state index < -0.39 is 0 Å². The number of hydrogen-bond donors (Lipinski definition) is 1. The molecule has 142 valence electrons. The number of aromatic nitrogens is 1. The smallest absolute Gasteiger partial charge is 0.281 e. The van der Waals surface area contributed by atoms with Gasteiger partial charge in [0.2, 0.25) is 0 Å². The average molecular weight is 401 g/mol. The van der Waals surface area contributed by atoms with E-state index >= 15 is 0 Å². The third kappa shape index (κ3) is 2.80. The number of fused-ring (bicyclic) bond motifs is 3. The predicted octanol–water partition coefficient (Wildman–Crippen LogP) is 4.73. The highest BCUT2D eigenvalue weighted by Gasteiger charge is 2.31. The molecule has 0 unspecified atom stereocenters. The number of benzene rings is 3. The maximum Gasteiger partial charge on any atom is 0.281 e. The zero-order chi connectivity index (χ0) is 20.1. The minimum atomic E-state index is -0.363. The molecule has 0 bridgehead atoms. The number of nitrogens with one attached hydrogen (secondary N) is 1. The van der Waals surface area contributed by atoms with Crippen LogP contribution in [0.1, 0.15) is 5.56 Å². The quantitative estimate of drug-likeness (QED) is 0.390. The van der Waals surface area contributed by atoms with E-state index in [1.165, 1.54) is 34.6 Å². The molecule has 0 atom stereocenters. The van der Waals surface area contributed by atoms with Crippen LogP contribution in [-0.2, 0) is 11.8 Å². The summed E-state index contributed by atoms with van der Waals surface area (Å²) in [4.78, 5) is 14.3. The number of aryl methyl sites for hydroxylation is 1. The zero-order valence-corrected chi connectivity index (χ0v) is 16.3. The van der Waals surface area contributed by atoms with Gasteiger partial charge in [0.1, 0.15) is 11.5 Å². The molecule has 1 aliphatic rings. The molecule has 29 heavy (non-hydrogen) atoms. The number of amides is 1. The van der Waals surface area contributed by atoms with Gasteiger partial charge >= 0.3 is 0 Å². The van der Waals surface area contributed by atoms with Gasteiger partial charge in [0.25, 0.3) is 5.91 Å². The monoisotopic (exact) mass is 401 g/mol. The number of anilines is 1. The highest BCUT2D eigenvalue weighted by molar-refractivity contribution is 7.80. The molecule has 0 spiro atoms. The third-order valence-electron chi connectivity index (χ3n) is 5.21. The fourth-order valence-corrected chi connectivity index (χ4v) is 4.10. The van der Waals surface area contributed by atoms with E-state index in [4.69, 9.17) is 12.2 Å². The van der Waals surface area contributed by atoms with E-state index in [9.17, 15) is 9.18 Å². The normalized spacial score (nSPS) is 15.7. The first-order chi connectivity index (χ1) is 14.0. The van der Waals surface area contributed by atoms with E-state index in [1.807, 2.05) is 25.2 Å². The van der Waals surface area contributed by atoms with Crippen molar-refractivity contribution in [3.8, 4) is 0 Å². The zero-order valence-electron chi connectivity index (χ0n) is 15.5. The van der Waals surface area contributed by atoms with Crippen molar-refractivity contribution in [1.82, 2.24) is 9.88 Å². The average Bonchev–Trinajstić information content (AvgIpc) is 3.17. The van der Waals surface area contributed by atoms with Crippen LogP contribution in [0.4, 0.5) is 10.1 Å². The first kappa shape index (κ1) is 17.6. The summed E-state index contributed by atoms with van der Waals surface area (Å²) in [5, 5.41) is 5.54. The summed E-state index contributed by atoms with van der Waals surface area (Å²) in [5.41, 5.74) is 4.10. The Morgan fingerprint density at radius 1 is 0.966 bits per heavy atom. The van der Waals surface area contributed by atoms with Crippen LogP contribution in [-0.4, -0.2) is 15.6 Å². The molecule has 4 aromatic rings. The van der Waals surface area contributed by atoms with Gasteiger partial charge in [-0.1, -0.05) is 24.3 Å². The fourth-order valence-electron chi connectivity index (χ4n) is 3.80. The second-order valence-electron chi connectivity index (χ2n) is 6.96. The van der Waals surface area contributed by atoms with Gasteiger partial charge in [0, 0.05) is 28.9 Å². The lowest BCUT2D eigenvalue weighted by Crippen LogP contribution is -2.30. The number of nitrogens with zero attached hydrogens (tertiary/aromatic N) is 2. The van der Waals surface area contributed by atoms with E-state index in [0.717, 1.165) is 22.0 Å². The molecule has 1 N–H and O–H groups in total. The summed E-state index contributed by atoms with van der Waals surface area (Å²) in [6.07, 6.45) is 1.79. The van der Waals surface area contributed by atoms with Crippen LogP contribution in [0, 0.1) is 5.82 Å². The summed E-state index contributed by atoms with van der Waals surface area (Å²) in [7, 11) is 2.05. The number of halogens is 1. The van der Waals surface area contributed by atoms with Crippen molar-refractivity contribution in [3.05, 3.63) is 83.8 Å². The lowest BCUT2D eigenvalue weighted by Gasteiger charge is -2.13. The molecule has 1 fully saturated rings. The van der Waals surface area contributed by atoms with Gasteiger partial charge < -0.3 is 9.88 Å². The second kappa shape index (κ2) is 6.53. The Hall–Kier alpha value is -3.51. The highest BCUT2D eigenvalue weighted by atomic mass is 32.1. The molecule has 3 aromatic carbocycles. The Bertz CT molecular complexity index is 1340. The van der Waals surface area contributed by atoms with Crippen LogP contribution in [0.5, 0.6) is 0 Å². The van der Waals surface area contributed by atoms with Crippen LogP contribution < -0.4 is 10.2 Å². The number of hydrogen-bond acceptors (Lipinski definition) is 2. The van der Waals surface area contributed by atoms with Crippen molar-refractivity contribution in [1.29, 1.82) is 0 Å². The van der Waals surface area contributed by atoms with Gasteiger partial charge in [-0.15, -0.1) is 0 Å². The van der Waals surface area contributed by atoms with Crippen molar-refractivity contribution >= 4 is 56.8 Å². The molecule has 6 heteroatoms. The van der Waals surface area contributed by atoms with Crippen molar-refractivity contribution in [2.45, 2.75) is 0 Å². The molecule has 1 amide bonds. The standard InChI is InChI=1S/C23H16FN3OS/c1-26-20-5-3-2-4-17(20)18-12-14(6-11-21(18)26)13-19-22(28)27(23(29)25-19)16-9-7-15(24)8-10-16/h2-13H,1H3,(H,25,29). The molecular weight excluding hydrogens is 385 g/mol. The first-order valence-corrected chi connectivity index (χ1v) is 9.53. The van der Waals surface area contributed by atoms with Crippen molar-refractivity contribution in [2.75, 3.05) is 4.90 Å². The number of carbonyl (C=O) groups excluding carboxylic acids is 1. The van der Waals surface area contributed by atoms with Gasteiger partial charge in [-0.25, -0.2) is 4.39 Å². The fraction of sp³-hybridized carbons (Fsp3) is 0.0435. The van der Waals surface area contributed by atoms with Crippen LogP contribution >= 0.6 is 12.2 Å². The minimum Gasteiger partial charge on any atom is -0.344 e. The molecule has 2 heterocycles. The molecular formula is C23H16FN3OS. The number of carbonyl (C=O) groups is 1. The van der Waals surface area contributed by atoms with Crippen molar-refractivity contribution in [2.24, 2.45) is 7.05 Å². The van der Waals surface area contributed by atoms with Gasteiger partial charge in [0.05, 0.1) is 5.69 Å². The predicted molar refractivity (Wildman–Crippen MR) is 118 cm³/mol. The molecule has 5 rings (SSSR count). The van der Waals surface area contributed by atoms with Gasteiger partial charge in [-0.05, 0) is 66.3 Å². The van der Waals surface area contributed by atoms with Gasteiger partial charge in [-0.2, -0.15) is 0 Å². The van der Waals surface area contributed by atoms with Crippen molar-refractivity contribution < 1.29 is 9.18 Å². The van der Waals surface area contributed by atoms with Crippen LogP contribution in [0.25, 0.3) is 27.9 Å². The molecule has 4 nitrogen and oxygen atoms in total. The van der Waals surface area contributed by atoms with Crippen LogP contribution in [0.2, 0.25) is 0 Å². The Balaban J connectivity index is 1.56. The summed E-state index contributed by atoms with van der Waals surface area (Å²) >= 11 is 5.33. The Morgan fingerprint density at radius 3 is 2.48 bits per heavy atom. The summed E-state index contributed by atoms with van der Waals surface area (Å²) in [6.45, 7) is 0. The maximum absolute atomic E-state index is 13.2. The van der Waals surface area contributed by atoms with Crippen LogP contribution in [0.3, 0.4) is 0 Å². The Kier molecular flexibility index (Phi) is 3.96. The van der Waals surface area contributed by atoms with E-state index in [-0.39, 0.29) is 16.8 Å².